The van der Waals surface area contributed by atoms with Gasteiger partial charge in [0.05, 0.1) is 29.9 Å². The van der Waals surface area contributed by atoms with E-state index in [-0.39, 0.29) is 33.8 Å². The maximum atomic E-state index is 13.6. The zero-order valence-electron chi connectivity index (χ0n) is 18.8. The monoisotopic (exact) mass is 511 g/mol. The molecule has 3 aromatic carbocycles. The van der Waals surface area contributed by atoms with Crippen LogP contribution >= 0.6 is 11.6 Å². The number of hydrogen-bond donors (Lipinski definition) is 1. The molecule has 0 bridgehead atoms. The number of carbonyl (C=O) groups excluding carboxylic acids is 1. The summed E-state index contributed by atoms with van der Waals surface area (Å²) in [5.74, 6) is -1.07. The average Bonchev–Trinajstić information content (AvgIpc) is 2.85. The summed E-state index contributed by atoms with van der Waals surface area (Å²) in [4.78, 5) is 26.7. The predicted molar refractivity (Wildman–Crippen MR) is 134 cm³/mol. The van der Waals surface area contributed by atoms with Crippen LogP contribution in [0.25, 0.3) is 16.6 Å². The molecule has 35 heavy (non-hydrogen) atoms. The van der Waals surface area contributed by atoms with Gasteiger partial charge in [0.2, 0.25) is 0 Å². The third-order valence-corrected chi connectivity index (χ3v) is 7.59. The molecule has 4 rings (SSSR count). The van der Waals surface area contributed by atoms with Crippen LogP contribution in [0.2, 0.25) is 5.02 Å². The molecule has 1 N–H and O–H groups in total. The number of aliphatic hydroxyl groups is 1. The molecule has 0 saturated carbocycles. The Balaban J connectivity index is 1.96. The third kappa shape index (κ3) is 4.86. The highest BCUT2D eigenvalue weighted by atomic mass is 35.5. The molecule has 9 heteroatoms. The van der Waals surface area contributed by atoms with Crippen molar-refractivity contribution in [3.63, 3.8) is 0 Å². The lowest BCUT2D eigenvalue weighted by molar-refractivity contribution is 0.0590. The van der Waals surface area contributed by atoms with Crippen molar-refractivity contribution in [2.45, 2.75) is 11.3 Å². The molecule has 1 aromatic heterocycles. The number of hydrogen-bond acceptors (Lipinski definition) is 6. The molecule has 0 fully saturated rings. The van der Waals surface area contributed by atoms with Crippen LogP contribution in [-0.4, -0.2) is 43.5 Å². The number of pyridine rings is 1. The highest BCUT2D eigenvalue weighted by molar-refractivity contribution is 7.91. The molecule has 180 valence electrons. The molecule has 0 saturated heterocycles. The molecule has 0 aliphatic carbocycles. The Labute approximate surface area is 207 Å². The van der Waals surface area contributed by atoms with Crippen molar-refractivity contribution in [2.75, 3.05) is 19.5 Å². The predicted octanol–water partition coefficient (Wildman–Crippen LogP) is 3.79. The molecule has 0 radical (unpaired) electrons. The standard InChI is InChI=1S/C26H22ClNO6S/c1-34-26(31)24-22(15-17-7-10-20(11-8-17)35(32,33)14-13-29)25(30)21-12-9-18(27)16-23(21)28(24)19-5-3-2-4-6-19/h2-12,16,29H,13-15H2,1H3. The largest absolute Gasteiger partial charge is 0.464 e. The lowest BCUT2D eigenvalue weighted by Gasteiger charge is -2.19. The van der Waals surface area contributed by atoms with Crippen LogP contribution in [0.3, 0.4) is 0 Å². The van der Waals surface area contributed by atoms with Crippen LogP contribution in [0, 0.1) is 0 Å². The number of para-hydroxylation sites is 1. The van der Waals surface area contributed by atoms with Gasteiger partial charge in [-0.3, -0.25) is 4.79 Å². The van der Waals surface area contributed by atoms with Crippen molar-refractivity contribution in [3.8, 4) is 5.69 Å². The molecule has 0 aliphatic heterocycles. The Kier molecular flexibility index (Phi) is 7.07. The van der Waals surface area contributed by atoms with Gasteiger partial charge in [-0.15, -0.1) is 0 Å². The summed E-state index contributed by atoms with van der Waals surface area (Å²) >= 11 is 6.24. The van der Waals surface area contributed by atoms with Crippen LogP contribution in [0.5, 0.6) is 0 Å². The fourth-order valence-electron chi connectivity index (χ4n) is 3.98. The topological polar surface area (TPSA) is 103 Å². The SMILES string of the molecule is COC(=O)c1c(Cc2ccc(S(=O)(=O)CCO)cc2)c(=O)c2ccc(Cl)cc2n1-c1ccccc1. The summed E-state index contributed by atoms with van der Waals surface area (Å²) < 4.78 is 31.2. The van der Waals surface area contributed by atoms with Crippen LogP contribution in [-0.2, 0) is 21.0 Å². The second-order valence-corrected chi connectivity index (χ2v) is 10.4. The second kappa shape index (κ2) is 10.0. The molecule has 7 nitrogen and oxygen atoms in total. The lowest BCUT2D eigenvalue weighted by Crippen LogP contribution is -2.24. The number of nitrogens with zero attached hydrogens (tertiary/aromatic N) is 1. The van der Waals surface area contributed by atoms with Crippen molar-refractivity contribution < 1.29 is 23.1 Å². The lowest BCUT2D eigenvalue weighted by atomic mass is 9.99. The molecule has 1 heterocycles. The smallest absolute Gasteiger partial charge is 0.355 e. The first kappa shape index (κ1) is 24.7. The van der Waals surface area contributed by atoms with E-state index < -0.39 is 22.4 Å². The molecule has 4 aromatic rings. The maximum absolute atomic E-state index is 13.6. The van der Waals surface area contributed by atoms with Crippen LogP contribution in [0.4, 0.5) is 0 Å². The minimum Gasteiger partial charge on any atom is -0.464 e. The van der Waals surface area contributed by atoms with Gasteiger partial charge in [0, 0.05) is 28.1 Å². The summed E-state index contributed by atoms with van der Waals surface area (Å²) in [6.07, 6.45) is 0.0645. The fraction of sp³-hybridized carbons (Fsp3) is 0.154. The number of rotatable bonds is 7. The van der Waals surface area contributed by atoms with E-state index in [0.717, 1.165) is 0 Å². The van der Waals surface area contributed by atoms with Gasteiger partial charge in [-0.2, -0.15) is 0 Å². The molecule has 0 amide bonds. The summed E-state index contributed by atoms with van der Waals surface area (Å²) in [5.41, 5.74) is 1.66. The van der Waals surface area contributed by atoms with E-state index >= 15 is 0 Å². The first-order valence-corrected chi connectivity index (χ1v) is 12.7. The van der Waals surface area contributed by atoms with Gasteiger partial charge in [0.25, 0.3) is 0 Å². The Morgan fingerprint density at radius 3 is 2.34 bits per heavy atom. The van der Waals surface area contributed by atoms with Gasteiger partial charge in [-0.05, 0) is 48.0 Å². The van der Waals surface area contributed by atoms with Crippen molar-refractivity contribution in [3.05, 3.63) is 105 Å². The number of fused-ring (bicyclic) bond motifs is 1. The summed E-state index contributed by atoms with van der Waals surface area (Å²) in [7, 11) is -2.37. The molecular formula is C26H22ClNO6S. The van der Waals surface area contributed by atoms with Crippen molar-refractivity contribution in [2.24, 2.45) is 0 Å². The van der Waals surface area contributed by atoms with E-state index in [9.17, 15) is 18.0 Å². The highest BCUT2D eigenvalue weighted by Crippen LogP contribution is 2.26. The van der Waals surface area contributed by atoms with E-state index in [1.807, 2.05) is 30.3 Å². The molecule has 0 unspecified atom stereocenters. The second-order valence-electron chi connectivity index (χ2n) is 7.84. The number of aromatic nitrogens is 1. The number of carbonyl (C=O) groups is 1. The molecule has 0 aliphatic rings. The number of esters is 1. The number of methoxy groups -OCH3 is 1. The third-order valence-electron chi connectivity index (χ3n) is 5.65. The molecular weight excluding hydrogens is 490 g/mol. The Morgan fingerprint density at radius 2 is 1.71 bits per heavy atom. The quantitative estimate of drug-likeness (QED) is 0.379. The molecule has 0 atom stereocenters. The van der Waals surface area contributed by atoms with Crippen molar-refractivity contribution in [1.29, 1.82) is 0 Å². The number of sulfone groups is 1. The first-order valence-electron chi connectivity index (χ1n) is 10.7. The zero-order valence-corrected chi connectivity index (χ0v) is 20.3. The van der Waals surface area contributed by atoms with E-state index in [0.29, 0.717) is 27.2 Å². The summed E-state index contributed by atoms with van der Waals surface area (Å²) in [6.45, 7) is -0.479. The Bertz CT molecular complexity index is 1560. The van der Waals surface area contributed by atoms with E-state index in [1.54, 1.807) is 34.9 Å². The van der Waals surface area contributed by atoms with E-state index in [1.165, 1.54) is 19.2 Å². The van der Waals surface area contributed by atoms with Crippen LogP contribution in [0.1, 0.15) is 21.6 Å². The number of ether oxygens (including phenoxy) is 1. The van der Waals surface area contributed by atoms with Gasteiger partial charge in [0.1, 0.15) is 5.69 Å². The van der Waals surface area contributed by atoms with E-state index in [4.69, 9.17) is 21.4 Å². The van der Waals surface area contributed by atoms with Crippen LogP contribution in [0.15, 0.2) is 82.5 Å². The number of halogens is 1. The van der Waals surface area contributed by atoms with Crippen molar-refractivity contribution >= 4 is 38.3 Å². The minimum atomic E-state index is -3.61. The summed E-state index contributed by atoms with van der Waals surface area (Å²) in [5, 5.41) is 9.79. The fourth-order valence-corrected chi connectivity index (χ4v) is 5.18. The minimum absolute atomic E-state index is 0.0645. The van der Waals surface area contributed by atoms with Gasteiger partial charge in [-0.1, -0.05) is 41.9 Å². The maximum Gasteiger partial charge on any atom is 0.355 e. The highest BCUT2D eigenvalue weighted by Gasteiger charge is 2.24. The zero-order chi connectivity index (χ0) is 25.2. The Hall–Kier alpha value is -3.46. The Morgan fingerprint density at radius 1 is 1.03 bits per heavy atom. The summed E-state index contributed by atoms with van der Waals surface area (Å²) in [6, 6.07) is 20.0. The van der Waals surface area contributed by atoms with Gasteiger partial charge < -0.3 is 14.4 Å². The van der Waals surface area contributed by atoms with Gasteiger partial charge in [0.15, 0.2) is 15.3 Å². The van der Waals surface area contributed by atoms with Gasteiger partial charge in [-0.25, -0.2) is 13.2 Å². The normalized spacial score (nSPS) is 11.5. The van der Waals surface area contributed by atoms with Crippen LogP contribution < -0.4 is 5.43 Å². The average molecular weight is 512 g/mol. The van der Waals surface area contributed by atoms with Crippen molar-refractivity contribution in [1.82, 2.24) is 4.57 Å². The molecule has 0 spiro atoms. The van der Waals surface area contributed by atoms with E-state index in [2.05, 4.69) is 0 Å². The first-order chi connectivity index (χ1) is 16.8. The van der Waals surface area contributed by atoms with Gasteiger partial charge >= 0.3 is 5.97 Å². The number of benzene rings is 3. The number of aliphatic hydroxyl groups excluding tert-OH is 1.